The van der Waals surface area contributed by atoms with E-state index >= 15 is 0 Å². The number of hydrogen-bond donors (Lipinski definition) is 1. The Morgan fingerprint density at radius 2 is 1.65 bits per heavy atom. The standard InChI is InChI=1S/C15H25NO4/c1-11(16)7-13-9-14(18-3)12(8-15(13)19-4)5-6-20-10-17-2/h8-9,11H,5-7,10,16H2,1-4H3. The topological polar surface area (TPSA) is 62.9 Å². The fraction of sp³-hybridized carbons (Fsp3) is 0.600. The third kappa shape index (κ3) is 5.00. The van der Waals surface area contributed by atoms with Crippen LogP contribution in [0.5, 0.6) is 11.5 Å². The molecule has 2 N–H and O–H groups in total. The van der Waals surface area contributed by atoms with Gasteiger partial charge in [-0.2, -0.15) is 0 Å². The van der Waals surface area contributed by atoms with Crippen molar-refractivity contribution in [2.45, 2.75) is 25.8 Å². The molecule has 0 radical (unpaired) electrons. The van der Waals surface area contributed by atoms with Crippen LogP contribution in [-0.2, 0) is 22.3 Å². The third-order valence-electron chi connectivity index (χ3n) is 2.94. The first-order chi connectivity index (χ1) is 9.62. The van der Waals surface area contributed by atoms with Gasteiger partial charge in [0.05, 0.1) is 20.8 Å². The molecule has 1 aromatic rings. The quantitative estimate of drug-likeness (QED) is 0.552. The minimum atomic E-state index is 0.0736. The van der Waals surface area contributed by atoms with Crippen LogP contribution >= 0.6 is 0 Å². The molecule has 1 aromatic carbocycles. The highest BCUT2D eigenvalue weighted by atomic mass is 16.7. The zero-order valence-corrected chi connectivity index (χ0v) is 12.8. The van der Waals surface area contributed by atoms with Gasteiger partial charge in [0.1, 0.15) is 18.3 Å². The van der Waals surface area contributed by atoms with Gasteiger partial charge in [-0.05, 0) is 37.5 Å². The number of rotatable bonds is 9. The second-order valence-corrected chi connectivity index (χ2v) is 4.72. The molecule has 1 unspecified atom stereocenters. The summed E-state index contributed by atoms with van der Waals surface area (Å²) in [5.74, 6) is 1.67. The summed E-state index contributed by atoms with van der Waals surface area (Å²) in [4.78, 5) is 0. The molecule has 114 valence electrons. The fourth-order valence-corrected chi connectivity index (χ4v) is 2.05. The lowest BCUT2D eigenvalue weighted by Gasteiger charge is -2.16. The van der Waals surface area contributed by atoms with Crippen molar-refractivity contribution in [1.82, 2.24) is 0 Å². The number of benzene rings is 1. The predicted molar refractivity (Wildman–Crippen MR) is 78.4 cm³/mol. The fourth-order valence-electron chi connectivity index (χ4n) is 2.05. The second kappa shape index (κ2) is 8.79. The molecular formula is C15H25NO4. The molecule has 0 fully saturated rings. The Morgan fingerprint density at radius 3 is 2.20 bits per heavy atom. The van der Waals surface area contributed by atoms with Crippen molar-refractivity contribution < 1.29 is 18.9 Å². The molecule has 1 rings (SSSR count). The van der Waals surface area contributed by atoms with E-state index in [4.69, 9.17) is 24.7 Å². The minimum Gasteiger partial charge on any atom is -0.496 e. The van der Waals surface area contributed by atoms with Gasteiger partial charge in [0.2, 0.25) is 0 Å². The Labute approximate surface area is 121 Å². The molecular weight excluding hydrogens is 258 g/mol. The molecule has 0 aliphatic heterocycles. The van der Waals surface area contributed by atoms with Crippen LogP contribution < -0.4 is 15.2 Å². The van der Waals surface area contributed by atoms with Gasteiger partial charge in [-0.1, -0.05) is 0 Å². The smallest absolute Gasteiger partial charge is 0.146 e. The van der Waals surface area contributed by atoms with Gasteiger partial charge in [-0.3, -0.25) is 0 Å². The number of hydrogen-bond acceptors (Lipinski definition) is 5. The number of methoxy groups -OCH3 is 3. The van der Waals surface area contributed by atoms with E-state index in [0.717, 1.165) is 35.5 Å². The van der Waals surface area contributed by atoms with Gasteiger partial charge < -0.3 is 24.7 Å². The maximum atomic E-state index is 5.86. The molecule has 0 aliphatic carbocycles. The molecule has 0 bridgehead atoms. The van der Waals surface area contributed by atoms with E-state index in [-0.39, 0.29) is 6.04 Å². The van der Waals surface area contributed by atoms with Crippen molar-refractivity contribution in [2.24, 2.45) is 5.73 Å². The van der Waals surface area contributed by atoms with Gasteiger partial charge in [-0.25, -0.2) is 0 Å². The first kappa shape index (κ1) is 16.8. The van der Waals surface area contributed by atoms with E-state index in [9.17, 15) is 0 Å². The van der Waals surface area contributed by atoms with E-state index in [1.807, 2.05) is 19.1 Å². The molecule has 20 heavy (non-hydrogen) atoms. The van der Waals surface area contributed by atoms with Gasteiger partial charge >= 0.3 is 0 Å². The predicted octanol–water partition coefficient (Wildman–Crippen LogP) is 1.76. The lowest BCUT2D eigenvalue weighted by atomic mass is 10.0. The van der Waals surface area contributed by atoms with Crippen molar-refractivity contribution in [3.8, 4) is 11.5 Å². The molecule has 0 saturated carbocycles. The Hall–Kier alpha value is -1.30. The summed E-state index contributed by atoms with van der Waals surface area (Å²) in [6.45, 7) is 2.83. The molecule has 5 nitrogen and oxygen atoms in total. The highest BCUT2D eigenvalue weighted by Crippen LogP contribution is 2.30. The van der Waals surface area contributed by atoms with Crippen LogP contribution in [-0.4, -0.2) is 40.8 Å². The highest BCUT2D eigenvalue weighted by Gasteiger charge is 2.12. The third-order valence-corrected chi connectivity index (χ3v) is 2.94. The van der Waals surface area contributed by atoms with E-state index in [0.29, 0.717) is 13.4 Å². The van der Waals surface area contributed by atoms with E-state index < -0.39 is 0 Å². The molecule has 0 heterocycles. The summed E-state index contributed by atoms with van der Waals surface area (Å²) in [6, 6.07) is 4.06. The van der Waals surface area contributed by atoms with Crippen LogP contribution in [0.4, 0.5) is 0 Å². The zero-order chi connectivity index (χ0) is 15.0. The molecule has 0 saturated heterocycles. The van der Waals surface area contributed by atoms with Crippen LogP contribution in [0.15, 0.2) is 12.1 Å². The van der Waals surface area contributed by atoms with Crippen LogP contribution in [0.2, 0.25) is 0 Å². The monoisotopic (exact) mass is 283 g/mol. The molecule has 0 aliphatic rings. The van der Waals surface area contributed by atoms with Crippen molar-refractivity contribution in [2.75, 3.05) is 34.7 Å². The van der Waals surface area contributed by atoms with Gasteiger partial charge in [-0.15, -0.1) is 0 Å². The van der Waals surface area contributed by atoms with E-state index in [1.165, 1.54) is 0 Å². The van der Waals surface area contributed by atoms with Gasteiger partial charge in [0.25, 0.3) is 0 Å². The summed E-state index contributed by atoms with van der Waals surface area (Å²) < 4.78 is 21.0. The van der Waals surface area contributed by atoms with Crippen LogP contribution in [0, 0.1) is 0 Å². The number of nitrogens with two attached hydrogens (primary N) is 1. The number of ether oxygens (including phenoxy) is 4. The Bertz CT molecular complexity index is 407. The van der Waals surface area contributed by atoms with Gasteiger partial charge in [0, 0.05) is 18.7 Å². The maximum absolute atomic E-state index is 5.86. The van der Waals surface area contributed by atoms with Crippen molar-refractivity contribution >= 4 is 0 Å². The Balaban J connectivity index is 2.88. The Kier molecular flexibility index (Phi) is 7.36. The summed E-state index contributed by atoms with van der Waals surface area (Å²) >= 11 is 0. The van der Waals surface area contributed by atoms with Crippen LogP contribution in [0.25, 0.3) is 0 Å². The lowest BCUT2D eigenvalue weighted by molar-refractivity contribution is -0.0292. The normalized spacial score (nSPS) is 12.2. The maximum Gasteiger partial charge on any atom is 0.146 e. The Morgan fingerprint density at radius 1 is 1.05 bits per heavy atom. The van der Waals surface area contributed by atoms with Crippen molar-refractivity contribution in [1.29, 1.82) is 0 Å². The molecule has 0 amide bonds. The van der Waals surface area contributed by atoms with Crippen molar-refractivity contribution in [3.63, 3.8) is 0 Å². The minimum absolute atomic E-state index is 0.0736. The zero-order valence-electron chi connectivity index (χ0n) is 12.8. The van der Waals surface area contributed by atoms with Crippen molar-refractivity contribution in [3.05, 3.63) is 23.3 Å². The van der Waals surface area contributed by atoms with E-state index in [1.54, 1.807) is 21.3 Å². The molecule has 0 spiro atoms. The molecule has 5 heteroatoms. The first-order valence-electron chi connectivity index (χ1n) is 6.68. The average molecular weight is 283 g/mol. The van der Waals surface area contributed by atoms with E-state index in [2.05, 4.69) is 0 Å². The molecule has 1 atom stereocenters. The summed E-state index contributed by atoms with van der Waals surface area (Å²) in [5.41, 5.74) is 7.97. The highest BCUT2D eigenvalue weighted by molar-refractivity contribution is 5.47. The van der Waals surface area contributed by atoms with Gasteiger partial charge in [0.15, 0.2) is 0 Å². The van der Waals surface area contributed by atoms with Crippen LogP contribution in [0.1, 0.15) is 18.1 Å². The second-order valence-electron chi connectivity index (χ2n) is 4.72. The summed E-state index contributed by atoms with van der Waals surface area (Å²) in [7, 11) is 4.93. The SMILES string of the molecule is COCOCCc1cc(OC)c(CC(C)N)cc1OC. The average Bonchev–Trinajstić information content (AvgIpc) is 2.43. The molecule has 0 aromatic heterocycles. The van der Waals surface area contributed by atoms with Crippen LogP contribution in [0.3, 0.4) is 0 Å². The largest absolute Gasteiger partial charge is 0.496 e. The lowest BCUT2D eigenvalue weighted by Crippen LogP contribution is -2.18. The summed E-state index contributed by atoms with van der Waals surface area (Å²) in [5, 5.41) is 0. The summed E-state index contributed by atoms with van der Waals surface area (Å²) in [6.07, 6.45) is 1.49. The first-order valence-corrected chi connectivity index (χ1v) is 6.68.